The van der Waals surface area contributed by atoms with E-state index in [1.165, 1.54) is 5.56 Å². The van der Waals surface area contributed by atoms with Gasteiger partial charge in [0.25, 0.3) is 5.91 Å². The highest BCUT2D eigenvalue weighted by molar-refractivity contribution is 5.96. The Morgan fingerprint density at radius 3 is 2.40 bits per heavy atom. The molecule has 0 spiro atoms. The first kappa shape index (κ1) is 14.0. The second-order valence-electron chi connectivity index (χ2n) is 4.77. The van der Waals surface area contributed by atoms with Crippen LogP contribution in [-0.4, -0.2) is 11.6 Å². The van der Waals surface area contributed by atoms with Gasteiger partial charge in [-0.1, -0.05) is 48.5 Å². The number of nitrogens with one attached hydrogen (secondary N) is 1. The Labute approximate surface area is 119 Å². The van der Waals surface area contributed by atoms with Gasteiger partial charge in [-0.05, 0) is 31.0 Å². The molecule has 0 bridgehead atoms. The molecule has 1 amide bonds. The predicted molar refractivity (Wildman–Crippen MR) is 81.9 cm³/mol. The molecule has 0 saturated heterocycles. The Morgan fingerprint density at radius 2 is 1.70 bits per heavy atom. The van der Waals surface area contributed by atoms with Crippen molar-refractivity contribution in [3.05, 3.63) is 71.3 Å². The summed E-state index contributed by atoms with van der Waals surface area (Å²) in [5.74, 6) is -0.171. The lowest BCUT2D eigenvalue weighted by atomic mass is 10.1. The summed E-state index contributed by atoms with van der Waals surface area (Å²) in [6.45, 7) is 3.82. The normalized spacial score (nSPS) is 11.2. The number of hydrazone groups is 1. The van der Waals surface area contributed by atoms with E-state index < -0.39 is 0 Å². The zero-order valence-electron chi connectivity index (χ0n) is 11.8. The molecule has 3 heteroatoms. The fraction of sp³-hybridized carbons (Fsp3) is 0.176. The van der Waals surface area contributed by atoms with Crippen LogP contribution >= 0.6 is 0 Å². The molecule has 0 aliphatic rings. The highest BCUT2D eigenvalue weighted by Crippen LogP contribution is 2.06. The molecule has 0 saturated carbocycles. The summed E-state index contributed by atoms with van der Waals surface area (Å²) < 4.78 is 0. The Hall–Kier alpha value is -2.42. The highest BCUT2D eigenvalue weighted by Gasteiger charge is 2.06. The van der Waals surface area contributed by atoms with Crippen LogP contribution in [0.1, 0.15) is 28.4 Å². The highest BCUT2D eigenvalue weighted by atomic mass is 16.2. The molecule has 0 heterocycles. The molecular formula is C17H18N2O. The quantitative estimate of drug-likeness (QED) is 0.669. The smallest absolute Gasteiger partial charge is 0.267 e. The van der Waals surface area contributed by atoms with Crippen LogP contribution < -0.4 is 5.43 Å². The third kappa shape index (κ3) is 3.79. The van der Waals surface area contributed by atoms with Gasteiger partial charge >= 0.3 is 0 Å². The summed E-state index contributed by atoms with van der Waals surface area (Å²) >= 11 is 0. The largest absolute Gasteiger partial charge is 0.271 e. The molecule has 0 unspecified atom stereocenters. The third-order valence-electron chi connectivity index (χ3n) is 3.04. The lowest BCUT2D eigenvalue weighted by molar-refractivity contribution is 0.0954. The Balaban J connectivity index is 1.99. The van der Waals surface area contributed by atoms with Crippen molar-refractivity contribution in [2.75, 3.05) is 0 Å². The van der Waals surface area contributed by atoms with Gasteiger partial charge in [0.15, 0.2) is 0 Å². The number of aryl methyl sites for hydroxylation is 1. The summed E-state index contributed by atoms with van der Waals surface area (Å²) in [5, 5.41) is 4.15. The van der Waals surface area contributed by atoms with Gasteiger partial charge in [0.05, 0.1) is 0 Å². The van der Waals surface area contributed by atoms with Gasteiger partial charge in [0.2, 0.25) is 0 Å². The Bertz CT molecular complexity index is 618. The summed E-state index contributed by atoms with van der Waals surface area (Å²) in [5.41, 5.74) is 6.26. The van der Waals surface area contributed by atoms with Crippen LogP contribution in [0.5, 0.6) is 0 Å². The molecule has 0 aliphatic heterocycles. The SMILES string of the molecule is C/C(Cc1ccccc1)=N\NC(=O)c1ccccc1C. The fourth-order valence-electron chi connectivity index (χ4n) is 1.96. The molecule has 1 N–H and O–H groups in total. The van der Waals surface area contributed by atoms with E-state index >= 15 is 0 Å². The minimum Gasteiger partial charge on any atom is -0.267 e. The van der Waals surface area contributed by atoms with Crippen LogP contribution in [0.4, 0.5) is 0 Å². The first-order chi connectivity index (χ1) is 9.66. The molecule has 2 rings (SSSR count). The molecule has 0 fully saturated rings. The molecule has 0 aliphatic carbocycles. The maximum atomic E-state index is 12.0. The van der Waals surface area contributed by atoms with Crippen molar-refractivity contribution in [1.29, 1.82) is 0 Å². The van der Waals surface area contributed by atoms with Crippen LogP contribution in [0, 0.1) is 6.92 Å². The van der Waals surface area contributed by atoms with E-state index in [1.807, 2.05) is 62.4 Å². The molecule has 102 valence electrons. The van der Waals surface area contributed by atoms with Gasteiger partial charge in [0.1, 0.15) is 0 Å². The van der Waals surface area contributed by atoms with Crippen LogP contribution in [0.25, 0.3) is 0 Å². The number of benzene rings is 2. The van der Waals surface area contributed by atoms with Crippen LogP contribution in [0.3, 0.4) is 0 Å². The first-order valence-electron chi connectivity index (χ1n) is 6.60. The number of carbonyl (C=O) groups excluding carboxylic acids is 1. The van der Waals surface area contributed by atoms with E-state index in [9.17, 15) is 4.79 Å². The van der Waals surface area contributed by atoms with Crippen molar-refractivity contribution in [2.24, 2.45) is 5.10 Å². The van der Waals surface area contributed by atoms with Crippen molar-refractivity contribution < 1.29 is 4.79 Å². The standard InChI is InChI=1S/C17H18N2O/c1-13-8-6-7-11-16(13)17(20)19-18-14(2)12-15-9-4-3-5-10-15/h3-11H,12H2,1-2H3,(H,19,20)/b18-14+. The summed E-state index contributed by atoms with van der Waals surface area (Å²) in [4.78, 5) is 12.0. The Kier molecular flexibility index (Phi) is 4.66. The molecule has 0 aromatic heterocycles. The van der Waals surface area contributed by atoms with Gasteiger partial charge in [-0.15, -0.1) is 0 Å². The molecule has 2 aromatic carbocycles. The van der Waals surface area contributed by atoms with Gasteiger partial charge in [-0.3, -0.25) is 4.79 Å². The van der Waals surface area contributed by atoms with Crippen LogP contribution in [0.2, 0.25) is 0 Å². The van der Waals surface area contributed by atoms with E-state index in [0.717, 1.165) is 17.7 Å². The van der Waals surface area contributed by atoms with Gasteiger partial charge < -0.3 is 0 Å². The lowest BCUT2D eigenvalue weighted by Crippen LogP contribution is -2.20. The second-order valence-corrected chi connectivity index (χ2v) is 4.77. The van der Waals surface area contributed by atoms with E-state index in [-0.39, 0.29) is 5.91 Å². The van der Waals surface area contributed by atoms with E-state index in [0.29, 0.717) is 5.56 Å². The molecule has 3 nitrogen and oxygen atoms in total. The van der Waals surface area contributed by atoms with Gasteiger partial charge in [-0.2, -0.15) is 5.10 Å². The third-order valence-corrected chi connectivity index (χ3v) is 3.04. The van der Waals surface area contributed by atoms with E-state index in [2.05, 4.69) is 10.5 Å². The molecule has 2 aromatic rings. The van der Waals surface area contributed by atoms with Crippen molar-refractivity contribution in [3.63, 3.8) is 0 Å². The minimum absolute atomic E-state index is 0.171. The van der Waals surface area contributed by atoms with Crippen LogP contribution in [0.15, 0.2) is 59.7 Å². The summed E-state index contributed by atoms with van der Waals surface area (Å²) in [6.07, 6.45) is 0.731. The zero-order valence-corrected chi connectivity index (χ0v) is 11.8. The zero-order chi connectivity index (χ0) is 14.4. The fourth-order valence-corrected chi connectivity index (χ4v) is 1.96. The second kappa shape index (κ2) is 6.66. The lowest BCUT2D eigenvalue weighted by Gasteiger charge is -2.05. The molecule has 0 radical (unpaired) electrons. The molecule has 0 atom stereocenters. The maximum Gasteiger partial charge on any atom is 0.271 e. The summed E-state index contributed by atoms with van der Waals surface area (Å²) in [6, 6.07) is 17.5. The topological polar surface area (TPSA) is 41.5 Å². The summed E-state index contributed by atoms with van der Waals surface area (Å²) in [7, 11) is 0. The van der Waals surface area contributed by atoms with Gasteiger partial charge in [0, 0.05) is 17.7 Å². The van der Waals surface area contributed by atoms with Crippen molar-refractivity contribution in [3.8, 4) is 0 Å². The number of amides is 1. The molecular weight excluding hydrogens is 248 g/mol. The minimum atomic E-state index is -0.171. The van der Waals surface area contributed by atoms with Crippen molar-refractivity contribution in [2.45, 2.75) is 20.3 Å². The van der Waals surface area contributed by atoms with Crippen LogP contribution in [-0.2, 0) is 6.42 Å². The van der Waals surface area contributed by atoms with E-state index in [4.69, 9.17) is 0 Å². The average Bonchev–Trinajstić information content (AvgIpc) is 2.46. The number of rotatable bonds is 4. The first-order valence-corrected chi connectivity index (χ1v) is 6.60. The van der Waals surface area contributed by atoms with Gasteiger partial charge in [-0.25, -0.2) is 5.43 Å². The van der Waals surface area contributed by atoms with Crippen molar-refractivity contribution in [1.82, 2.24) is 5.43 Å². The predicted octanol–water partition coefficient (Wildman–Crippen LogP) is 3.34. The Morgan fingerprint density at radius 1 is 1.05 bits per heavy atom. The molecule has 20 heavy (non-hydrogen) atoms. The average molecular weight is 266 g/mol. The maximum absolute atomic E-state index is 12.0. The van der Waals surface area contributed by atoms with E-state index in [1.54, 1.807) is 6.07 Å². The number of hydrogen-bond donors (Lipinski definition) is 1. The number of hydrogen-bond acceptors (Lipinski definition) is 2. The van der Waals surface area contributed by atoms with Crippen molar-refractivity contribution >= 4 is 11.6 Å². The number of nitrogens with zero attached hydrogens (tertiary/aromatic N) is 1. The monoisotopic (exact) mass is 266 g/mol. The number of carbonyl (C=O) groups is 1.